The molecule has 0 bridgehead atoms. The van der Waals surface area contributed by atoms with Crippen LogP contribution in [-0.2, 0) is 24.2 Å². The summed E-state index contributed by atoms with van der Waals surface area (Å²) < 4.78 is 1.79. The van der Waals surface area contributed by atoms with E-state index in [4.69, 9.17) is 17.3 Å². The first-order valence-electron chi connectivity index (χ1n) is 9.93. The van der Waals surface area contributed by atoms with Crippen LogP contribution in [0, 0.1) is 0 Å². The molecule has 1 amide bonds. The van der Waals surface area contributed by atoms with Crippen LogP contribution in [0.25, 0.3) is 10.4 Å². The second-order valence-electron chi connectivity index (χ2n) is 7.18. The molecule has 0 aliphatic rings. The molecule has 158 valence electrons. The summed E-state index contributed by atoms with van der Waals surface area (Å²) in [6.07, 6.45) is 3.50. The molecule has 0 aliphatic carbocycles. The van der Waals surface area contributed by atoms with Crippen LogP contribution in [0.15, 0.2) is 66.2 Å². The van der Waals surface area contributed by atoms with Gasteiger partial charge in [0.2, 0.25) is 5.91 Å². The highest BCUT2D eigenvalue weighted by molar-refractivity contribution is 7.13. The van der Waals surface area contributed by atoms with E-state index in [0.29, 0.717) is 30.8 Å². The summed E-state index contributed by atoms with van der Waals surface area (Å²) in [6, 6.07) is 17.5. The fraction of sp³-hybridized carbons (Fsp3) is 0.174. The molecule has 0 radical (unpaired) electrons. The van der Waals surface area contributed by atoms with E-state index in [1.807, 2.05) is 66.2 Å². The maximum absolute atomic E-state index is 12.5. The number of nitrogens with one attached hydrogen (secondary N) is 1. The second-order valence-corrected chi connectivity index (χ2v) is 8.56. The molecule has 4 aromatic rings. The van der Waals surface area contributed by atoms with Gasteiger partial charge in [-0.3, -0.25) is 9.48 Å². The average Bonchev–Trinajstić information content (AvgIpc) is 3.45. The number of hydrogen-bond donors (Lipinski definition) is 2. The van der Waals surface area contributed by atoms with Gasteiger partial charge in [0, 0.05) is 35.5 Å². The maximum atomic E-state index is 12.5. The van der Waals surface area contributed by atoms with Gasteiger partial charge in [-0.1, -0.05) is 41.1 Å². The number of anilines is 2. The molecule has 2 heterocycles. The average molecular weight is 452 g/mol. The van der Waals surface area contributed by atoms with Crippen molar-refractivity contribution in [3.8, 4) is 10.4 Å². The Morgan fingerprint density at radius 1 is 1.13 bits per heavy atom. The number of nitrogen functional groups attached to an aromatic ring is 1. The Bertz CT molecular complexity index is 1170. The van der Waals surface area contributed by atoms with Gasteiger partial charge < -0.3 is 11.1 Å². The number of halogens is 1. The van der Waals surface area contributed by atoms with Crippen LogP contribution in [0.3, 0.4) is 0 Å². The number of aryl methyl sites for hydroxylation is 3. The van der Waals surface area contributed by atoms with Gasteiger partial charge in [0.15, 0.2) is 0 Å². The lowest BCUT2D eigenvalue weighted by Crippen LogP contribution is -2.13. The van der Waals surface area contributed by atoms with Crippen molar-refractivity contribution in [3.63, 3.8) is 0 Å². The predicted molar refractivity (Wildman–Crippen MR) is 126 cm³/mol. The van der Waals surface area contributed by atoms with Gasteiger partial charge in [-0.05, 0) is 53.3 Å². The van der Waals surface area contributed by atoms with Crippen LogP contribution < -0.4 is 11.1 Å². The van der Waals surface area contributed by atoms with Crippen LogP contribution >= 0.6 is 22.9 Å². The number of hydrogen-bond acceptors (Lipinski definition) is 5. The number of thiophene rings is 1. The summed E-state index contributed by atoms with van der Waals surface area (Å²) in [5.41, 5.74) is 10.2. The summed E-state index contributed by atoms with van der Waals surface area (Å²) in [5.74, 6) is -0.108. The highest BCUT2D eigenvalue weighted by Gasteiger charge is 2.10. The van der Waals surface area contributed by atoms with Crippen LogP contribution in [0.2, 0.25) is 5.02 Å². The lowest BCUT2D eigenvalue weighted by Gasteiger charge is -2.09. The van der Waals surface area contributed by atoms with Crippen LogP contribution in [0.5, 0.6) is 0 Å². The number of carbonyl (C=O) groups excluding carboxylic acids is 1. The molecule has 0 aliphatic heterocycles. The third-order valence-electron chi connectivity index (χ3n) is 4.85. The lowest BCUT2D eigenvalue weighted by atomic mass is 10.1. The van der Waals surface area contributed by atoms with E-state index in [1.54, 1.807) is 16.0 Å². The van der Waals surface area contributed by atoms with E-state index < -0.39 is 0 Å². The molecule has 3 N–H and O–H groups in total. The number of rotatable bonds is 8. The highest BCUT2D eigenvalue weighted by atomic mass is 35.5. The van der Waals surface area contributed by atoms with Gasteiger partial charge in [-0.25, -0.2) is 0 Å². The molecule has 2 aromatic carbocycles. The zero-order chi connectivity index (χ0) is 21.6. The smallest absolute Gasteiger partial charge is 0.224 e. The third kappa shape index (κ3) is 5.71. The van der Waals surface area contributed by atoms with E-state index in [9.17, 15) is 4.79 Å². The molecule has 31 heavy (non-hydrogen) atoms. The predicted octanol–water partition coefficient (Wildman–Crippen LogP) is 5.06. The summed E-state index contributed by atoms with van der Waals surface area (Å²) in [4.78, 5) is 13.6. The van der Waals surface area contributed by atoms with Crippen molar-refractivity contribution in [1.82, 2.24) is 15.0 Å². The Kier molecular flexibility index (Phi) is 6.64. The molecule has 4 rings (SSSR count). The second kappa shape index (κ2) is 9.76. The normalized spacial score (nSPS) is 10.9. The number of amides is 1. The lowest BCUT2D eigenvalue weighted by molar-refractivity contribution is -0.116. The molecule has 0 spiro atoms. The first-order chi connectivity index (χ1) is 15.1. The molecule has 6 nitrogen and oxygen atoms in total. The van der Waals surface area contributed by atoms with Gasteiger partial charge in [-0.15, -0.1) is 16.4 Å². The van der Waals surface area contributed by atoms with Gasteiger partial charge in [0.1, 0.15) is 0 Å². The fourth-order valence-corrected chi connectivity index (χ4v) is 4.15. The van der Waals surface area contributed by atoms with Crippen LogP contribution in [0.1, 0.15) is 17.7 Å². The third-order valence-corrected chi connectivity index (χ3v) is 6.00. The molecule has 0 saturated heterocycles. The van der Waals surface area contributed by atoms with Gasteiger partial charge in [-0.2, -0.15) is 0 Å². The number of carbonyl (C=O) groups is 1. The Labute approximate surface area is 189 Å². The Balaban J connectivity index is 1.30. The minimum absolute atomic E-state index is 0.108. The van der Waals surface area contributed by atoms with E-state index >= 15 is 0 Å². The van der Waals surface area contributed by atoms with E-state index in [2.05, 4.69) is 15.6 Å². The molecule has 0 saturated carbocycles. The van der Waals surface area contributed by atoms with Crippen molar-refractivity contribution in [2.24, 2.45) is 0 Å². The monoisotopic (exact) mass is 451 g/mol. The van der Waals surface area contributed by atoms with Crippen molar-refractivity contribution in [2.45, 2.75) is 25.8 Å². The minimum Gasteiger partial charge on any atom is -0.397 e. The van der Waals surface area contributed by atoms with Crippen molar-refractivity contribution >= 4 is 40.2 Å². The number of benzene rings is 2. The largest absolute Gasteiger partial charge is 0.397 e. The molecule has 2 aromatic heterocycles. The van der Waals surface area contributed by atoms with Gasteiger partial charge in [0.25, 0.3) is 0 Å². The van der Waals surface area contributed by atoms with Gasteiger partial charge >= 0.3 is 0 Å². The standard InChI is InChI=1S/C23H22ClN5OS/c24-18-4-1-3-16(13-18)10-11-29-15-19(27-28-29)7-9-23(30)26-21-14-17(6-8-20(21)25)22-5-2-12-31-22/h1-6,8,12-15H,7,9-11,25H2,(H,26,30). The van der Waals surface area contributed by atoms with Crippen molar-refractivity contribution in [3.05, 3.63) is 82.5 Å². The van der Waals surface area contributed by atoms with Crippen molar-refractivity contribution in [1.29, 1.82) is 0 Å². The molecular formula is C23H22ClN5OS. The van der Waals surface area contributed by atoms with Gasteiger partial charge in [0.05, 0.1) is 17.1 Å². The first kappa shape index (κ1) is 21.1. The number of nitrogens with two attached hydrogens (primary N) is 1. The number of aromatic nitrogens is 3. The number of nitrogens with zero attached hydrogens (tertiary/aromatic N) is 3. The minimum atomic E-state index is -0.108. The SMILES string of the molecule is Nc1ccc(-c2cccs2)cc1NC(=O)CCc1cn(CCc2cccc(Cl)c2)nn1. The highest BCUT2D eigenvalue weighted by Crippen LogP contribution is 2.30. The topological polar surface area (TPSA) is 85.8 Å². The summed E-state index contributed by atoms with van der Waals surface area (Å²) in [7, 11) is 0. The first-order valence-corrected chi connectivity index (χ1v) is 11.2. The molecular weight excluding hydrogens is 430 g/mol. The van der Waals surface area contributed by atoms with Crippen molar-refractivity contribution < 1.29 is 4.79 Å². The quantitative estimate of drug-likeness (QED) is 0.367. The zero-order valence-electron chi connectivity index (χ0n) is 16.8. The summed E-state index contributed by atoms with van der Waals surface area (Å²) >= 11 is 7.67. The van der Waals surface area contributed by atoms with E-state index in [0.717, 1.165) is 33.1 Å². The Hall–Kier alpha value is -3.16. The maximum Gasteiger partial charge on any atom is 0.224 e. The molecule has 0 fully saturated rings. The molecule has 0 atom stereocenters. The van der Waals surface area contributed by atoms with E-state index in [1.165, 1.54) is 0 Å². The summed E-state index contributed by atoms with van der Waals surface area (Å²) in [6.45, 7) is 0.700. The summed E-state index contributed by atoms with van der Waals surface area (Å²) in [5, 5.41) is 14.0. The fourth-order valence-electron chi connectivity index (χ4n) is 3.21. The van der Waals surface area contributed by atoms with Crippen LogP contribution in [0.4, 0.5) is 11.4 Å². The Morgan fingerprint density at radius 3 is 2.84 bits per heavy atom. The Morgan fingerprint density at radius 2 is 2.03 bits per heavy atom. The molecule has 0 unspecified atom stereocenters. The van der Waals surface area contributed by atoms with Crippen molar-refractivity contribution in [2.75, 3.05) is 11.1 Å². The van der Waals surface area contributed by atoms with E-state index in [-0.39, 0.29) is 5.91 Å². The zero-order valence-corrected chi connectivity index (χ0v) is 18.4. The van der Waals surface area contributed by atoms with Crippen LogP contribution in [-0.4, -0.2) is 20.9 Å². The molecule has 8 heteroatoms.